The number of hydrogen-bond donors (Lipinski definition) is 1. The van der Waals surface area contributed by atoms with Crippen molar-refractivity contribution in [3.63, 3.8) is 0 Å². The van der Waals surface area contributed by atoms with Gasteiger partial charge in [-0.25, -0.2) is 4.98 Å². The molecule has 2 aromatic rings. The lowest BCUT2D eigenvalue weighted by Crippen LogP contribution is -1.99. The van der Waals surface area contributed by atoms with E-state index < -0.39 is 4.92 Å². The zero-order chi connectivity index (χ0) is 14.0. The zero-order valence-electron chi connectivity index (χ0n) is 9.83. The van der Waals surface area contributed by atoms with Gasteiger partial charge in [0, 0.05) is 28.4 Å². The highest BCUT2D eigenvalue weighted by Crippen LogP contribution is 2.36. The molecule has 0 unspecified atom stereocenters. The standard InChI is InChI=1S/C11H9BrN4O3/c1-6-4-7(12)5-8(16(17)18)10(6)19-9-2-3-14-11(13)15-9/h2-5H,1H3,(H2,13,14,15). The minimum atomic E-state index is -0.516. The Bertz CT molecular complexity index is 648. The summed E-state index contributed by atoms with van der Waals surface area (Å²) in [6.07, 6.45) is 1.41. The van der Waals surface area contributed by atoms with Crippen molar-refractivity contribution in [1.29, 1.82) is 0 Å². The van der Waals surface area contributed by atoms with Gasteiger partial charge in [-0.1, -0.05) is 15.9 Å². The van der Waals surface area contributed by atoms with Crippen molar-refractivity contribution in [2.24, 2.45) is 0 Å². The second-order valence-corrected chi connectivity index (χ2v) is 4.60. The van der Waals surface area contributed by atoms with Gasteiger partial charge in [-0.2, -0.15) is 4.98 Å². The van der Waals surface area contributed by atoms with E-state index in [-0.39, 0.29) is 23.3 Å². The van der Waals surface area contributed by atoms with Crippen LogP contribution in [0.4, 0.5) is 11.6 Å². The molecule has 0 amide bonds. The highest BCUT2D eigenvalue weighted by molar-refractivity contribution is 9.10. The molecule has 0 aliphatic heterocycles. The highest BCUT2D eigenvalue weighted by atomic mass is 79.9. The third-order valence-corrected chi connectivity index (χ3v) is 2.73. The first kappa shape index (κ1) is 13.2. The van der Waals surface area contributed by atoms with Crippen LogP contribution in [0.15, 0.2) is 28.9 Å². The molecule has 2 N–H and O–H groups in total. The van der Waals surface area contributed by atoms with Gasteiger partial charge in [0.2, 0.25) is 17.6 Å². The molecule has 0 atom stereocenters. The Morgan fingerprint density at radius 1 is 1.47 bits per heavy atom. The maximum atomic E-state index is 11.0. The van der Waals surface area contributed by atoms with Crippen LogP contribution in [0.1, 0.15) is 5.56 Å². The molecule has 7 nitrogen and oxygen atoms in total. The molecular weight excluding hydrogens is 316 g/mol. The first-order valence-corrected chi connectivity index (χ1v) is 5.97. The molecule has 0 fully saturated rings. The summed E-state index contributed by atoms with van der Waals surface area (Å²) in [6, 6.07) is 4.56. The first-order valence-electron chi connectivity index (χ1n) is 5.18. The van der Waals surface area contributed by atoms with Crippen molar-refractivity contribution in [3.05, 3.63) is 44.5 Å². The lowest BCUT2D eigenvalue weighted by atomic mass is 10.2. The average molecular weight is 325 g/mol. The van der Waals surface area contributed by atoms with E-state index in [0.717, 1.165) is 0 Å². The summed E-state index contributed by atoms with van der Waals surface area (Å²) in [5.74, 6) is 0.322. The number of nitro groups is 1. The average Bonchev–Trinajstić information content (AvgIpc) is 2.32. The Morgan fingerprint density at radius 3 is 2.84 bits per heavy atom. The number of benzene rings is 1. The Morgan fingerprint density at radius 2 is 2.21 bits per heavy atom. The molecule has 0 bridgehead atoms. The van der Waals surface area contributed by atoms with Crippen LogP contribution in [0.5, 0.6) is 11.6 Å². The van der Waals surface area contributed by atoms with E-state index in [1.165, 1.54) is 18.3 Å². The minimum Gasteiger partial charge on any atom is -0.431 e. The van der Waals surface area contributed by atoms with E-state index in [4.69, 9.17) is 10.5 Å². The molecule has 0 saturated carbocycles. The van der Waals surface area contributed by atoms with Gasteiger partial charge in [-0.15, -0.1) is 0 Å². The molecule has 1 aromatic carbocycles. The number of aromatic nitrogens is 2. The number of ether oxygens (including phenoxy) is 1. The molecule has 8 heteroatoms. The topological polar surface area (TPSA) is 104 Å². The Hall–Kier alpha value is -2.22. The van der Waals surface area contributed by atoms with Gasteiger partial charge in [0.1, 0.15) is 0 Å². The number of hydrogen-bond acceptors (Lipinski definition) is 6. The SMILES string of the molecule is Cc1cc(Br)cc([N+](=O)[O-])c1Oc1ccnc(N)n1. The van der Waals surface area contributed by atoms with Gasteiger partial charge in [-0.05, 0) is 13.0 Å². The van der Waals surface area contributed by atoms with Crippen LogP contribution in [-0.2, 0) is 0 Å². The maximum Gasteiger partial charge on any atom is 0.313 e. The number of halogens is 1. The zero-order valence-corrected chi connectivity index (χ0v) is 11.4. The summed E-state index contributed by atoms with van der Waals surface area (Å²) >= 11 is 3.21. The van der Waals surface area contributed by atoms with Gasteiger partial charge >= 0.3 is 5.69 Å². The van der Waals surface area contributed by atoms with Crippen molar-refractivity contribution >= 4 is 27.6 Å². The third kappa shape index (κ3) is 2.97. The number of nitro benzene ring substituents is 1. The predicted molar refractivity (Wildman–Crippen MR) is 72.1 cm³/mol. The van der Waals surface area contributed by atoms with Gasteiger partial charge in [0.15, 0.2) is 0 Å². The number of aryl methyl sites for hydroxylation is 1. The molecule has 0 radical (unpaired) electrons. The molecular formula is C11H9BrN4O3. The summed E-state index contributed by atoms with van der Waals surface area (Å²) < 4.78 is 6.05. The molecule has 0 spiro atoms. The van der Waals surface area contributed by atoms with Gasteiger partial charge in [0.05, 0.1) is 4.92 Å². The third-order valence-electron chi connectivity index (χ3n) is 2.27. The molecule has 0 saturated heterocycles. The van der Waals surface area contributed by atoms with Crippen molar-refractivity contribution < 1.29 is 9.66 Å². The van der Waals surface area contributed by atoms with Crippen LogP contribution in [-0.4, -0.2) is 14.9 Å². The van der Waals surface area contributed by atoms with Crippen LogP contribution >= 0.6 is 15.9 Å². The fourth-order valence-electron chi connectivity index (χ4n) is 1.50. The minimum absolute atomic E-state index is 0.0370. The van der Waals surface area contributed by atoms with E-state index in [2.05, 4.69) is 25.9 Å². The molecule has 0 aliphatic carbocycles. The predicted octanol–water partition coefficient (Wildman–Crippen LogP) is 2.83. The number of anilines is 1. The molecule has 98 valence electrons. The first-order chi connectivity index (χ1) is 8.97. The number of nitrogens with two attached hydrogens (primary N) is 1. The summed E-state index contributed by atoms with van der Waals surface area (Å²) in [7, 11) is 0. The number of nitrogen functional groups attached to an aromatic ring is 1. The van der Waals surface area contributed by atoms with Crippen LogP contribution in [0.3, 0.4) is 0 Å². The monoisotopic (exact) mass is 324 g/mol. The molecule has 19 heavy (non-hydrogen) atoms. The summed E-state index contributed by atoms with van der Waals surface area (Å²) in [5, 5.41) is 11.0. The number of nitrogens with zero attached hydrogens (tertiary/aromatic N) is 3. The lowest BCUT2D eigenvalue weighted by molar-refractivity contribution is -0.385. The largest absolute Gasteiger partial charge is 0.431 e. The summed E-state index contributed by atoms with van der Waals surface area (Å²) in [4.78, 5) is 18.1. The summed E-state index contributed by atoms with van der Waals surface area (Å²) in [6.45, 7) is 1.71. The fraction of sp³-hybridized carbons (Fsp3) is 0.0909. The highest BCUT2D eigenvalue weighted by Gasteiger charge is 2.20. The van der Waals surface area contributed by atoms with Crippen LogP contribution < -0.4 is 10.5 Å². The smallest absolute Gasteiger partial charge is 0.313 e. The van der Waals surface area contributed by atoms with Crippen molar-refractivity contribution in [1.82, 2.24) is 9.97 Å². The Balaban J connectivity index is 2.47. The van der Waals surface area contributed by atoms with Gasteiger partial charge < -0.3 is 10.5 Å². The van der Waals surface area contributed by atoms with Crippen molar-refractivity contribution in [2.45, 2.75) is 6.92 Å². The van der Waals surface area contributed by atoms with E-state index in [1.807, 2.05) is 0 Å². The Labute approximate surface area is 116 Å². The molecule has 1 aromatic heterocycles. The van der Waals surface area contributed by atoms with Crippen molar-refractivity contribution in [2.75, 3.05) is 5.73 Å². The van der Waals surface area contributed by atoms with E-state index in [0.29, 0.717) is 10.0 Å². The second-order valence-electron chi connectivity index (χ2n) is 3.68. The molecule has 0 aliphatic rings. The second kappa shape index (κ2) is 5.19. The summed E-state index contributed by atoms with van der Waals surface area (Å²) in [5.41, 5.74) is 5.89. The van der Waals surface area contributed by atoms with Gasteiger partial charge in [-0.3, -0.25) is 10.1 Å². The molecule has 1 heterocycles. The van der Waals surface area contributed by atoms with Crippen LogP contribution in [0.2, 0.25) is 0 Å². The van der Waals surface area contributed by atoms with Gasteiger partial charge in [0.25, 0.3) is 0 Å². The normalized spacial score (nSPS) is 10.2. The van der Waals surface area contributed by atoms with E-state index in [1.54, 1.807) is 13.0 Å². The molecule has 2 rings (SSSR count). The van der Waals surface area contributed by atoms with E-state index >= 15 is 0 Å². The van der Waals surface area contributed by atoms with Crippen LogP contribution in [0, 0.1) is 17.0 Å². The van der Waals surface area contributed by atoms with E-state index in [9.17, 15) is 10.1 Å². The quantitative estimate of drug-likeness (QED) is 0.687. The fourth-order valence-corrected chi connectivity index (χ4v) is 2.06. The number of rotatable bonds is 3. The Kier molecular flexibility index (Phi) is 3.61. The lowest BCUT2D eigenvalue weighted by Gasteiger charge is -2.08. The van der Waals surface area contributed by atoms with Crippen LogP contribution in [0.25, 0.3) is 0 Å². The maximum absolute atomic E-state index is 11.0. The van der Waals surface area contributed by atoms with Crippen molar-refractivity contribution in [3.8, 4) is 11.6 Å².